The SMILES string of the molecule is CC1(C)CCCc2c1ccc1c2C(=O)C(=O)C2=C1OCC2CO. The van der Waals surface area contributed by atoms with E-state index >= 15 is 0 Å². The lowest BCUT2D eigenvalue weighted by molar-refractivity contribution is -0.112. The summed E-state index contributed by atoms with van der Waals surface area (Å²) >= 11 is 0. The molecule has 1 aliphatic heterocycles. The van der Waals surface area contributed by atoms with Crippen LogP contribution in [-0.2, 0) is 21.4 Å². The third kappa shape index (κ3) is 1.88. The average Bonchev–Trinajstić information content (AvgIpc) is 2.95. The quantitative estimate of drug-likeness (QED) is 0.809. The van der Waals surface area contributed by atoms with Crippen LogP contribution in [0.15, 0.2) is 17.7 Å². The molecule has 1 N–H and O–H groups in total. The first-order valence-electron chi connectivity index (χ1n) is 8.19. The summed E-state index contributed by atoms with van der Waals surface area (Å²) in [5.41, 5.74) is 3.84. The molecule has 1 aromatic rings. The standard InChI is InChI=1S/C19H20O4/c1-19(2)7-3-4-11-13(19)6-5-12-15(11)17(22)16(21)14-10(8-20)9-23-18(12)14/h5-6,10,20H,3-4,7-9H2,1-2H3. The number of benzene rings is 1. The molecule has 0 aromatic heterocycles. The minimum atomic E-state index is -0.499. The normalized spacial score (nSPS) is 24.9. The molecule has 0 spiro atoms. The molecule has 4 nitrogen and oxygen atoms in total. The highest BCUT2D eigenvalue weighted by atomic mass is 16.5. The monoisotopic (exact) mass is 312 g/mol. The maximum atomic E-state index is 12.8. The molecule has 23 heavy (non-hydrogen) atoms. The number of rotatable bonds is 1. The number of carbonyl (C=O) groups is 2. The number of hydrogen-bond donors (Lipinski definition) is 1. The van der Waals surface area contributed by atoms with Crippen molar-refractivity contribution in [2.24, 2.45) is 5.92 Å². The number of aliphatic hydroxyl groups is 1. The molecule has 120 valence electrons. The lowest BCUT2D eigenvalue weighted by Crippen LogP contribution is -2.31. The van der Waals surface area contributed by atoms with Crippen LogP contribution in [0.2, 0.25) is 0 Å². The summed E-state index contributed by atoms with van der Waals surface area (Å²) in [5.74, 6) is -0.810. The van der Waals surface area contributed by atoms with E-state index in [0.29, 0.717) is 16.9 Å². The predicted octanol–water partition coefficient (Wildman–Crippen LogP) is 2.42. The van der Waals surface area contributed by atoms with Gasteiger partial charge in [-0.3, -0.25) is 9.59 Å². The van der Waals surface area contributed by atoms with Crippen LogP contribution in [0, 0.1) is 5.92 Å². The van der Waals surface area contributed by atoms with Gasteiger partial charge in [0.05, 0.1) is 18.8 Å². The minimum Gasteiger partial charge on any atom is -0.492 e. The van der Waals surface area contributed by atoms with Crippen LogP contribution >= 0.6 is 0 Å². The third-order valence-electron chi connectivity index (χ3n) is 5.50. The first kappa shape index (κ1) is 14.6. The Balaban J connectivity index is 1.98. The van der Waals surface area contributed by atoms with Crippen molar-refractivity contribution in [3.05, 3.63) is 40.0 Å². The van der Waals surface area contributed by atoms with Gasteiger partial charge in [0.1, 0.15) is 5.76 Å². The van der Waals surface area contributed by atoms with Crippen LogP contribution in [0.1, 0.15) is 53.7 Å². The molecule has 2 aliphatic carbocycles. The Labute approximate surface area is 135 Å². The lowest BCUT2D eigenvalue weighted by Gasteiger charge is -2.35. The first-order valence-corrected chi connectivity index (χ1v) is 8.19. The van der Waals surface area contributed by atoms with Gasteiger partial charge in [-0.15, -0.1) is 0 Å². The van der Waals surface area contributed by atoms with Crippen LogP contribution in [0.4, 0.5) is 0 Å². The Hall–Kier alpha value is -1.94. The summed E-state index contributed by atoms with van der Waals surface area (Å²) < 4.78 is 5.70. The van der Waals surface area contributed by atoms with E-state index in [9.17, 15) is 14.7 Å². The molecule has 1 aromatic carbocycles. The van der Waals surface area contributed by atoms with Crippen LogP contribution in [0.25, 0.3) is 5.76 Å². The zero-order chi connectivity index (χ0) is 16.4. The van der Waals surface area contributed by atoms with Gasteiger partial charge >= 0.3 is 0 Å². The van der Waals surface area contributed by atoms with Crippen LogP contribution in [0.5, 0.6) is 0 Å². The average molecular weight is 312 g/mol. The van der Waals surface area contributed by atoms with Crippen molar-refractivity contribution in [3.8, 4) is 0 Å². The number of aliphatic hydroxyl groups excluding tert-OH is 1. The van der Waals surface area contributed by atoms with Gasteiger partial charge < -0.3 is 9.84 Å². The fourth-order valence-corrected chi connectivity index (χ4v) is 4.25. The molecule has 0 amide bonds. The molecule has 0 saturated heterocycles. The van der Waals surface area contributed by atoms with Gasteiger partial charge in [0.15, 0.2) is 0 Å². The Bertz CT molecular complexity index is 770. The predicted molar refractivity (Wildman–Crippen MR) is 85.2 cm³/mol. The van der Waals surface area contributed by atoms with Crippen molar-refractivity contribution in [1.82, 2.24) is 0 Å². The molecule has 3 aliphatic rings. The van der Waals surface area contributed by atoms with Crippen LogP contribution < -0.4 is 0 Å². The van der Waals surface area contributed by atoms with E-state index in [0.717, 1.165) is 30.4 Å². The van der Waals surface area contributed by atoms with Gasteiger partial charge in [0, 0.05) is 17.0 Å². The molecule has 0 saturated carbocycles. The Morgan fingerprint density at radius 2 is 2.04 bits per heavy atom. The zero-order valence-corrected chi connectivity index (χ0v) is 13.4. The van der Waals surface area contributed by atoms with Gasteiger partial charge in [0.25, 0.3) is 0 Å². The number of ether oxygens (including phenoxy) is 1. The van der Waals surface area contributed by atoms with E-state index in [-0.39, 0.29) is 24.5 Å². The number of carbonyl (C=O) groups excluding carboxylic acids is 2. The second-order valence-corrected chi connectivity index (χ2v) is 7.34. The van der Waals surface area contributed by atoms with Gasteiger partial charge in [-0.25, -0.2) is 0 Å². The maximum Gasteiger partial charge on any atom is 0.234 e. The van der Waals surface area contributed by atoms with Crippen molar-refractivity contribution in [2.45, 2.75) is 38.5 Å². The van der Waals surface area contributed by atoms with Crippen molar-refractivity contribution in [3.63, 3.8) is 0 Å². The van der Waals surface area contributed by atoms with Crippen LogP contribution in [-0.4, -0.2) is 29.9 Å². The van der Waals surface area contributed by atoms with Crippen LogP contribution in [0.3, 0.4) is 0 Å². The highest BCUT2D eigenvalue weighted by molar-refractivity contribution is 6.52. The number of ketones is 2. The van der Waals surface area contributed by atoms with E-state index in [1.54, 1.807) is 0 Å². The Morgan fingerprint density at radius 1 is 1.26 bits per heavy atom. The van der Waals surface area contributed by atoms with Gasteiger partial charge in [-0.1, -0.05) is 26.0 Å². The summed E-state index contributed by atoms with van der Waals surface area (Å²) in [6.07, 6.45) is 2.93. The molecule has 1 atom stereocenters. The van der Waals surface area contributed by atoms with Crippen molar-refractivity contribution in [2.75, 3.05) is 13.2 Å². The van der Waals surface area contributed by atoms with Crippen molar-refractivity contribution < 1.29 is 19.4 Å². The molecule has 0 radical (unpaired) electrons. The largest absolute Gasteiger partial charge is 0.492 e. The van der Waals surface area contributed by atoms with E-state index in [1.165, 1.54) is 5.56 Å². The smallest absolute Gasteiger partial charge is 0.234 e. The van der Waals surface area contributed by atoms with E-state index in [1.807, 2.05) is 6.07 Å². The summed E-state index contributed by atoms with van der Waals surface area (Å²) in [6.45, 7) is 4.46. The molecule has 1 heterocycles. The van der Waals surface area contributed by atoms with Crippen molar-refractivity contribution >= 4 is 17.3 Å². The van der Waals surface area contributed by atoms with Gasteiger partial charge in [-0.2, -0.15) is 0 Å². The molecular formula is C19H20O4. The van der Waals surface area contributed by atoms with E-state index in [4.69, 9.17) is 4.74 Å². The first-order chi connectivity index (χ1) is 11.0. The fourth-order valence-electron chi connectivity index (χ4n) is 4.25. The lowest BCUT2D eigenvalue weighted by atomic mass is 9.69. The number of Topliss-reactive ketones (excluding diaryl/α,β-unsaturated/α-hetero) is 2. The molecule has 4 rings (SSSR count). The highest BCUT2D eigenvalue weighted by Crippen LogP contribution is 2.45. The molecule has 1 unspecified atom stereocenters. The maximum absolute atomic E-state index is 12.8. The minimum absolute atomic E-state index is 0.0186. The third-order valence-corrected chi connectivity index (χ3v) is 5.50. The van der Waals surface area contributed by atoms with Gasteiger partial charge in [-0.05, 0) is 35.8 Å². The fraction of sp³-hybridized carbons (Fsp3) is 0.474. The summed E-state index contributed by atoms with van der Waals surface area (Å²) in [7, 11) is 0. The molecule has 0 bridgehead atoms. The second kappa shape index (κ2) is 4.78. The zero-order valence-electron chi connectivity index (χ0n) is 13.4. The summed E-state index contributed by atoms with van der Waals surface area (Å²) in [4.78, 5) is 25.4. The Kier molecular flexibility index (Phi) is 3.04. The molecule has 4 heteroatoms. The summed E-state index contributed by atoms with van der Waals surface area (Å²) in [5, 5.41) is 9.44. The molecular weight excluding hydrogens is 292 g/mol. The van der Waals surface area contributed by atoms with E-state index < -0.39 is 11.6 Å². The number of fused-ring (bicyclic) bond motifs is 4. The second-order valence-electron chi connectivity index (χ2n) is 7.34. The number of hydrogen-bond acceptors (Lipinski definition) is 4. The van der Waals surface area contributed by atoms with Gasteiger partial charge in [0.2, 0.25) is 11.6 Å². The van der Waals surface area contributed by atoms with E-state index in [2.05, 4.69) is 19.9 Å². The summed E-state index contributed by atoms with van der Waals surface area (Å²) in [6, 6.07) is 4.00. The Morgan fingerprint density at radius 3 is 2.78 bits per heavy atom. The van der Waals surface area contributed by atoms with Crippen molar-refractivity contribution in [1.29, 1.82) is 0 Å². The topological polar surface area (TPSA) is 63.6 Å². The highest BCUT2D eigenvalue weighted by Gasteiger charge is 2.44. The molecule has 0 fully saturated rings.